The molecule has 0 bridgehead atoms. The molecule has 0 aliphatic carbocycles. The molecule has 20 heavy (non-hydrogen) atoms. The maximum absolute atomic E-state index is 6.06. The van der Waals surface area contributed by atoms with E-state index in [0.717, 1.165) is 34.2 Å². The van der Waals surface area contributed by atoms with Crippen LogP contribution in [0.15, 0.2) is 40.8 Å². The molecule has 0 saturated heterocycles. The lowest BCUT2D eigenvalue weighted by Gasteiger charge is -2.04. The number of aryl methyl sites for hydroxylation is 1. The van der Waals surface area contributed by atoms with Gasteiger partial charge in [0.1, 0.15) is 5.52 Å². The van der Waals surface area contributed by atoms with E-state index < -0.39 is 0 Å². The molecule has 0 radical (unpaired) electrons. The minimum atomic E-state index is 0.599. The van der Waals surface area contributed by atoms with E-state index >= 15 is 0 Å². The SMILES string of the molecule is Cc1cc(Cl)cc2nc(-c3ccccc3CCN)oc12. The fourth-order valence-electron chi connectivity index (χ4n) is 2.37. The van der Waals surface area contributed by atoms with E-state index in [0.29, 0.717) is 17.5 Å². The van der Waals surface area contributed by atoms with Crippen LogP contribution in [0, 0.1) is 6.92 Å². The van der Waals surface area contributed by atoms with Crippen LogP contribution in [0.1, 0.15) is 11.1 Å². The molecule has 1 heterocycles. The Hall–Kier alpha value is -1.84. The normalized spacial score (nSPS) is 11.2. The summed E-state index contributed by atoms with van der Waals surface area (Å²) in [5.74, 6) is 0.620. The molecule has 3 nitrogen and oxygen atoms in total. The fourth-order valence-corrected chi connectivity index (χ4v) is 2.64. The first-order valence-corrected chi connectivity index (χ1v) is 6.92. The van der Waals surface area contributed by atoms with E-state index in [1.165, 1.54) is 0 Å². The van der Waals surface area contributed by atoms with Crippen LogP contribution in [0.4, 0.5) is 0 Å². The molecule has 2 N–H and O–H groups in total. The van der Waals surface area contributed by atoms with Crippen LogP contribution in [0.5, 0.6) is 0 Å². The standard InChI is InChI=1S/C16H15ClN2O/c1-10-8-12(17)9-14-15(10)20-16(19-14)13-5-3-2-4-11(13)6-7-18/h2-5,8-9H,6-7,18H2,1H3. The van der Waals surface area contributed by atoms with Crippen molar-refractivity contribution in [2.75, 3.05) is 6.54 Å². The van der Waals surface area contributed by atoms with Crippen LogP contribution in [0.3, 0.4) is 0 Å². The van der Waals surface area contributed by atoms with Gasteiger partial charge in [0, 0.05) is 10.6 Å². The molecule has 3 aromatic rings. The van der Waals surface area contributed by atoms with Crippen LogP contribution < -0.4 is 5.73 Å². The van der Waals surface area contributed by atoms with Crippen molar-refractivity contribution in [3.05, 3.63) is 52.5 Å². The van der Waals surface area contributed by atoms with Gasteiger partial charge in [-0.3, -0.25) is 0 Å². The van der Waals surface area contributed by atoms with Crippen molar-refractivity contribution in [2.45, 2.75) is 13.3 Å². The highest BCUT2D eigenvalue weighted by Crippen LogP contribution is 2.30. The van der Waals surface area contributed by atoms with Crippen LogP contribution in [0.25, 0.3) is 22.6 Å². The molecule has 102 valence electrons. The molecule has 0 aliphatic heterocycles. The summed E-state index contributed by atoms with van der Waals surface area (Å²) in [6, 6.07) is 11.7. The van der Waals surface area contributed by atoms with E-state index in [4.69, 9.17) is 21.8 Å². The van der Waals surface area contributed by atoms with Crippen molar-refractivity contribution in [1.29, 1.82) is 0 Å². The number of hydrogen-bond acceptors (Lipinski definition) is 3. The second-order valence-corrected chi connectivity index (χ2v) is 5.22. The van der Waals surface area contributed by atoms with Crippen molar-refractivity contribution in [3.8, 4) is 11.5 Å². The Morgan fingerprint density at radius 2 is 2.05 bits per heavy atom. The third-order valence-corrected chi connectivity index (χ3v) is 3.52. The van der Waals surface area contributed by atoms with Gasteiger partial charge in [-0.05, 0) is 49.2 Å². The monoisotopic (exact) mass is 286 g/mol. The van der Waals surface area contributed by atoms with Gasteiger partial charge in [-0.15, -0.1) is 0 Å². The van der Waals surface area contributed by atoms with Crippen LogP contribution in [-0.2, 0) is 6.42 Å². The first-order chi connectivity index (χ1) is 9.69. The van der Waals surface area contributed by atoms with E-state index in [1.807, 2.05) is 37.3 Å². The van der Waals surface area contributed by atoms with Crippen molar-refractivity contribution >= 4 is 22.7 Å². The molecule has 1 aromatic heterocycles. The number of oxazole rings is 1. The van der Waals surface area contributed by atoms with Gasteiger partial charge in [-0.25, -0.2) is 4.98 Å². The van der Waals surface area contributed by atoms with Crippen LogP contribution >= 0.6 is 11.6 Å². The number of rotatable bonds is 3. The number of nitrogens with zero attached hydrogens (tertiary/aromatic N) is 1. The lowest BCUT2D eigenvalue weighted by molar-refractivity contribution is 0.616. The van der Waals surface area contributed by atoms with Crippen LogP contribution in [0.2, 0.25) is 5.02 Å². The number of hydrogen-bond donors (Lipinski definition) is 1. The second-order valence-electron chi connectivity index (χ2n) is 4.79. The van der Waals surface area contributed by atoms with Crippen molar-refractivity contribution < 1.29 is 4.42 Å². The second kappa shape index (κ2) is 5.27. The first-order valence-electron chi connectivity index (χ1n) is 6.54. The summed E-state index contributed by atoms with van der Waals surface area (Å²) < 4.78 is 5.92. The van der Waals surface area contributed by atoms with Gasteiger partial charge in [0.15, 0.2) is 5.58 Å². The van der Waals surface area contributed by atoms with Gasteiger partial charge in [-0.1, -0.05) is 29.8 Å². The Morgan fingerprint density at radius 1 is 1.25 bits per heavy atom. The highest BCUT2D eigenvalue weighted by molar-refractivity contribution is 6.31. The number of benzene rings is 2. The Bertz CT molecular complexity index is 764. The molecule has 0 spiro atoms. The Labute approximate surface area is 122 Å². The maximum Gasteiger partial charge on any atom is 0.227 e. The summed E-state index contributed by atoms with van der Waals surface area (Å²) in [5, 5.41) is 0.671. The van der Waals surface area contributed by atoms with E-state index in [1.54, 1.807) is 0 Å². The third-order valence-electron chi connectivity index (χ3n) is 3.30. The van der Waals surface area contributed by atoms with Gasteiger partial charge in [-0.2, -0.15) is 0 Å². The molecule has 0 atom stereocenters. The largest absolute Gasteiger partial charge is 0.436 e. The Balaban J connectivity index is 2.18. The number of fused-ring (bicyclic) bond motifs is 1. The fraction of sp³-hybridized carbons (Fsp3) is 0.188. The molecule has 4 heteroatoms. The van der Waals surface area contributed by atoms with Crippen LogP contribution in [-0.4, -0.2) is 11.5 Å². The summed E-state index contributed by atoms with van der Waals surface area (Å²) in [4.78, 5) is 4.56. The third kappa shape index (κ3) is 2.30. The highest BCUT2D eigenvalue weighted by atomic mass is 35.5. The highest BCUT2D eigenvalue weighted by Gasteiger charge is 2.13. The summed E-state index contributed by atoms with van der Waals surface area (Å²) in [5.41, 5.74) is 10.3. The predicted octanol–water partition coefficient (Wildman–Crippen LogP) is 3.96. The van der Waals surface area contributed by atoms with Gasteiger partial charge in [0.25, 0.3) is 0 Å². The average Bonchev–Trinajstić information content (AvgIpc) is 2.83. The molecule has 0 saturated carbocycles. The van der Waals surface area contributed by atoms with Gasteiger partial charge >= 0.3 is 0 Å². The van der Waals surface area contributed by atoms with E-state index in [-0.39, 0.29) is 0 Å². The zero-order chi connectivity index (χ0) is 14.1. The number of halogens is 1. The topological polar surface area (TPSA) is 52.0 Å². The van der Waals surface area contributed by atoms with Crippen molar-refractivity contribution in [1.82, 2.24) is 4.98 Å². The molecular weight excluding hydrogens is 272 g/mol. The molecule has 2 aromatic carbocycles. The lowest BCUT2D eigenvalue weighted by Crippen LogP contribution is -2.03. The molecule has 3 rings (SSSR count). The zero-order valence-corrected chi connectivity index (χ0v) is 11.9. The summed E-state index contributed by atoms with van der Waals surface area (Å²) in [6.07, 6.45) is 0.800. The summed E-state index contributed by atoms with van der Waals surface area (Å²) in [6.45, 7) is 2.57. The summed E-state index contributed by atoms with van der Waals surface area (Å²) in [7, 11) is 0. The zero-order valence-electron chi connectivity index (χ0n) is 11.2. The summed E-state index contributed by atoms with van der Waals surface area (Å²) >= 11 is 6.06. The predicted molar refractivity (Wildman–Crippen MR) is 82.0 cm³/mol. The molecule has 0 unspecified atom stereocenters. The van der Waals surface area contributed by atoms with E-state index in [2.05, 4.69) is 11.1 Å². The van der Waals surface area contributed by atoms with E-state index in [9.17, 15) is 0 Å². The minimum Gasteiger partial charge on any atom is -0.436 e. The molecule has 0 fully saturated rings. The van der Waals surface area contributed by atoms with Crippen molar-refractivity contribution in [2.24, 2.45) is 5.73 Å². The quantitative estimate of drug-likeness (QED) is 0.793. The lowest BCUT2D eigenvalue weighted by atomic mass is 10.0. The molecular formula is C16H15ClN2O. The average molecular weight is 287 g/mol. The Kier molecular flexibility index (Phi) is 3.47. The van der Waals surface area contributed by atoms with Gasteiger partial charge in [0.05, 0.1) is 0 Å². The smallest absolute Gasteiger partial charge is 0.227 e. The van der Waals surface area contributed by atoms with Gasteiger partial charge in [0.2, 0.25) is 5.89 Å². The first kappa shape index (κ1) is 13.2. The number of aromatic nitrogens is 1. The van der Waals surface area contributed by atoms with Crippen molar-refractivity contribution in [3.63, 3.8) is 0 Å². The number of nitrogens with two attached hydrogens (primary N) is 1. The Morgan fingerprint density at radius 3 is 2.85 bits per heavy atom. The maximum atomic E-state index is 6.06. The minimum absolute atomic E-state index is 0.599. The molecule has 0 aliphatic rings. The molecule has 0 amide bonds. The van der Waals surface area contributed by atoms with Gasteiger partial charge < -0.3 is 10.2 Å².